The van der Waals surface area contributed by atoms with Crippen LogP contribution in [0.2, 0.25) is 0 Å². The first-order valence-electron chi connectivity index (χ1n) is 5.28. The van der Waals surface area contributed by atoms with Gasteiger partial charge in [-0.3, -0.25) is 0 Å². The highest BCUT2D eigenvalue weighted by molar-refractivity contribution is 5.75. The molecule has 2 aromatic heterocycles. The average molecular weight is 225 g/mol. The molecule has 5 nitrogen and oxygen atoms in total. The van der Waals surface area contributed by atoms with Crippen LogP contribution < -0.4 is 5.73 Å². The van der Waals surface area contributed by atoms with Crippen LogP contribution in [0.3, 0.4) is 0 Å². The zero-order chi connectivity index (χ0) is 11.8. The lowest BCUT2D eigenvalue weighted by molar-refractivity contribution is 0.834. The molecule has 3 rings (SSSR count). The van der Waals surface area contributed by atoms with Crippen molar-refractivity contribution in [1.82, 2.24) is 19.7 Å². The van der Waals surface area contributed by atoms with E-state index in [-0.39, 0.29) is 0 Å². The molecule has 0 saturated carbocycles. The minimum Gasteiger partial charge on any atom is -0.396 e. The molecule has 0 aliphatic rings. The van der Waals surface area contributed by atoms with Crippen LogP contribution in [-0.2, 0) is 0 Å². The van der Waals surface area contributed by atoms with Crippen LogP contribution in [0.4, 0.5) is 5.69 Å². The molecule has 1 aromatic carbocycles. The third kappa shape index (κ3) is 1.61. The summed E-state index contributed by atoms with van der Waals surface area (Å²) in [6.45, 7) is 1.91. The molecule has 0 aliphatic heterocycles. The van der Waals surface area contributed by atoms with Crippen LogP contribution in [0.15, 0.2) is 36.7 Å². The first-order chi connectivity index (χ1) is 8.24. The van der Waals surface area contributed by atoms with Gasteiger partial charge in [0, 0.05) is 0 Å². The standard InChI is InChI=1S/C12H11N5/c1-8-12(17-7-9(13)6-14-17)16-11-5-3-2-4-10(11)15-8/h2-7H,13H2,1H3. The maximum atomic E-state index is 5.65. The van der Waals surface area contributed by atoms with Crippen molar-refractivity contribution in [2.45, 2.75) is 6.92 Å². The second-order valence-electron chi connectivity index (χ2n) is 3.84. The Labute approximate surface area is 97.9 Å². The van der Waals surface area contributed by atoms with E-state index in [2.05, 4.69) is 15.1 Å². The summed E-state index contributed by atoms with van der Waals surface area (Å²) >= 11 is 0. The van der Waals surface area contributed by atoms with Crippen molar-refractivity contribution in [1.29, 1.82) is 0 Å². The van der Waals surface area contributed by atoms with Gasteiger partial charge in [0.1, 0.15) is 0 Å². The second-order valence-corrected chi connectivity index (χ2v) is 3.84. The van der Waals surface area contributed by atoms with Gasteiger partial charge in [0.05, 0.1) is 34.8 Å². The molecule has 2 heterocycles. The summed E-state index contributed by atoms with van der Waals surface area (Å²) in [6, 6.07) is 7.75. The lowest BCUT2D eigenvalue weighted by Gasteiger charge is -2.05. The van der Waals surface area contributed by atoms with E-state index in [0.717, 1.165) is 16.7 Å². The Morgan fingerprint density at radius 1 is 1.12 bits per heavy atom. The molecule has 5 heteroatoms. The van der Waals surface area contributed by atoms with E-state index in [4.69, 9.17) is 5.73 Å². The lowest BCUT2D eigenvalue weighted by atomic mass is 10.3. The van der Waals surface area contributed by atoms with Crippen molar-refractivity contribution in [2.24, 2.45) is 0 Å². The largest absolute Gasteiger partial charge is 0.396 e. The molecule has 84 valence electrons. The highest BCUT2D eigenvalue weighted by Gasteiger charge is 2.07. The minimum atomic E-state index is 0.611. The molecular weight excluding hydrogens is 214 g/mol. The molecule has 0 aliphatic carbocycles. The number of aromatic nitrogens is 4. The Hall–Kier alpha value is -2.43. The zero-order valence-corrected chi connectivity index (χ0v) is 9.33. The van der Waals surface area contributed by atoms with Crippen molar-refractivity contribution in [3.8, 4) is 5.82 Å². The number of aryl methyl sites for hydroxylation is 1. The first kappa shape index (κ1) is 9.77. The second kappa shape index (κ2) is 3.55. The Morgan fingerprint density at radius 2 is 1.82 bits per heavy atom. The predicted molar refractivity (Wildman–Crippen MR) is 65.8 cm³/mol. The number of para-hydroxylation sites is 2. The molecule has 0 amide bonds. The van der Waals surface area contributed by atoms with Crippen LogP contribution in [-0.4, -0.2) is 19.7 Å². The summed E-state index contributed by atoms with van der Waals surface area (Å²) < 4.78 is 1.64. The monoisotopic (exact) mass is 225 g/mol. The SMILES string of the molecule is Cc1nc2ccccc2nc1-n1cc(N)cn1. The van der Waals surface area contributed by atoms with Crippen LogP contribution in [0.5, 0.6) is 0 Å². The van der Waals surface area contributed by atoms with Crippen LogP contribution >= 0.6 is 0 Å². The van der Waals surface area contributed by atoms with Gasteiger partial charge in [-0.15, -0.1) is 0 Å². The van der Waals surface area contributed by atoms with E-state index >= 15 is 0 Å². The van der Waals surface area contributed by atoms with Crippen LogP contribution in [0.1, 0.15) is 5.69 Å². The third-order valence-corrected chi connectivity index (χ3v) is 2.54. The fraction of sp³-hybridized carbons (Fsp3) is 0.0833. The van der Waals surface area contributed by atoms with Crippen molar-refractivity contribution >= 4 is 16.7 Å². The fourth-order valence-electron chi connectivity index (χ4n) is 1.75. The quantitative estimate of drug-likeness (QED) is 0.684. The molecule has 0 spiro atoms. The third-order valence-electron chi connectivity index (χ3n) is 2.54. The molecule has 0 bridgehead atoms. The van der Waals surface area contributed by atoms with E-state index < -0.39 is 0 Å². The Balaban J connectivity index is 2.26. The molecule has 3 aromatic rings. The molecule has 0 radical (unpaired) electrons. The Kier molecular flexibility index (Phi) is 2.04. The normalized spacial score (nSPS) is 10.9. The van der Waals surface area contributed by atoms with Gasteiger partial charge >= 0.3 is 0 Å². The van der Waals surface area contributed by atoms with Crippen molar-refractivity contribution in [3.63, 3.8) is 0 Å². The van der Waals surface area contributed by atoms with E-state index in [1.807, 2.05) is 31.2 Å². The van der Waals surface area contributed by atoms with Gasteiger partial charge in [-0.1, -0.05) is 12.1 Å². The smallest absolute Gasteiger partial charge is 0.175 e. The number of hydrogen-bond donors (Lipinski definition) is 1. The molecule has 17 heavy (non-hydrogen) atoms. The number of fused-ring (bicyclic) bond motifs is 1. The van der Waals surface area contributed by atoms with Crippen molar-refractivity contribution in [2.75, 3.05) is 5.73 Å². The van der Waals surface area contributed by atoms with Gasteiger partial charge in [-0.05, 0) is 19.1 Å². The van der Waals surface area contributed by atoms with Crippen LogP contribution in [0.25, 0.3) is 16.9 Å². The average Bonchev–Trinajstić information content (AvgIpc) is 2.75. The van der Waals surface area contributed by atoms with Gasteiger partial charge in [-0.2, -0.15) is 5.10 Å². The molecule has 2 N–H and O–H groups in total. The highest BCUT2D eigenvalue weighted by Crippen LogP contribution is 2.15. The van der Waals surface area contributed by atoms with E-state index in [0.29, 0.717) is 11.5 Å². The van der Waals surface area contributed by atoms with Crippen molar-refractivity contribution in [3.05, 3.63) is 42.4 Å². The highest BCUT2D eigenvalue weighted by atomic mass is 15.3. The molecule has 0 fully saturated rings. The summed E-state index contributed by atoms with van der Waals surface area (Å²) in [4.78, 5) is 9.04. The van der Waals surface area contributed by atoms with Gasteiger partial charge < -0.3 is 5.73 Å². The number of rotatable bonds is 1. The van der Waals surface area contributed by atoms with Crippen molar-refractivity contribution < 1.29 is 0 Å². The summed E-state index contributed by atoms with van der Waals surface area (Å²) in [5.41, 5.74) is 8.82. The predicted octanol–water partition coefficient (Wildman–Crippen LogP) is 1.71. The molecule has 0 unspecified atom stereocenters. The lowest BCUT2D eigenvalue weighted by Crippen LogP contribution is -2.03. The number of anilines is 1. The molecule has 0 atom stereocenters. The molecule has 0 saturated heterocycles. The Morgan fingerprint density at radius 3 is 2.47 bits per heavy atom. The Bertz CT molecular complexity index is 686. The van der Waals surface area contributed by atoms with Gasteiger partial charge in [0.25, 0.3) is 0 Å². The summed E-state index contributed by atoms with van der Waals surface area (Å²) in [5.74, 6) is 0.709. The minimum absolute atomic E-state index is 0.611. The zero-order valence-electron chi connectivity index (χ0n) is 9.33. The number of nitrogen functional groups attached to an aromatic ring is 1. The summed E-state index contributed by atoms with van der Waals surface area (Å²) in [5, 5.41) is 4.14. The summed E-state index contributed by atoms with van der Waals surface area (Å²) in [7, 11) is 0. The number of nitrogens with two attached hydrogens (primary N) is 1. The maximum absolute atomic E-state index is 5.65. The van der Waals surface area contributed by atoms with Gasteiger partial charge in [0.2, 0.25) is 0 Å². The number of benzene rings is 1. The first-order valence-corrected chi connectivity index (χ1v) is 5.28. The van der Waals surface area contributed by atoms with Crippen LogP contribution in [0, 0.1) is 6.92 Å². The van der Waals surface area contributed by atoms with Gasteiger partial charge in [-0.25, -0.2) is 14.6 Å². The van der Waals surface area contributed by atoms with E-state index in [1.165, 1.54) is 0 Å². The van der Waals surface area contributed by atoms with E-state index in [1.54, 1.807) is 17.1 Å². The number of hydrogen-bond acceptors (Lipinski definition) is 4. The fourth-order valence-corrected chi connectivity index (χ4v) is 1.75. The van der Waals surface area contributed by atoms with E-state index in [9.17, 15) is 0 Å². The maximum Gasteiger partial charge on any atom is 0.175 e. The molecular formula is C12H11N5. The topological polar surface area (TPSA) is 69.6 Å². The summed E-state index contributed by atoms with van der Waals surface area (Å²) in [6.07, 6.45) is 3.32. The number of nitrogens with zero attached hydrogens (tertiary/aromatic N) is 4. The van der Waals surface area contributed by atoms with Gasteiger partial charge in [0.15, 0.2) is 5.82 Å².